The molecule has 2 aliphatic rings. The van der Waals surface area contributed by atoms with E-state index in [1.54, 1.807) is 0 Å². The molecule has 0 amide bonds. The minimum atomic E-state index is 0.318. The molecule has 1 saturated heterocycles. The van der Waals surface area contributed by atoms with E-state index >= 15 is 0 Å². The first kappa shape index (κ1) is 15.3. The van der Waals surface area contributed by atoms with Crippen molar-refractivity contribution in [1.29, 1.82) is 0 Å². The maximum Gasteiger partial charge on any atom is 0.0814 e. The molecule has 1 N–H and O–H groups in total. The van der Waals surface area contributed by atoms with Gasteiger partial charge in [0.15, 0.2) is 0 Å². The van der Waals surface area contributed by atoms with E-state index in [9.17, 15) is 0 Å². The first-order chi connectivity index (χ1) is 8.98. The molecule has 3 nitrogen and oxygen atoms in total. The number of rotatable bonds is 5. The molecular formula is C16H31NO2. The maximum atomic E-state index is 6.15. The number of likely N-dealkylation sites (N-methyl/N-ethyl adjacent to an activating group) is 1. The van der Waals surface area contributed by atoms with Crippen LogP contribution in [0.2, 0.25) is 0 Å². The molecular weight excluding hydrogens is 238 g/mol. The summed E-state index contributed by atoms with van der Waals surface area (Å²) in [6.07, 6.45) is 7.21. The van der Waals surface area contributed by atoms with Crippen molar-refractivity contribution in [2.45, 2.75) is 71.2 Å². The third-order valence-electron chi connectivity index (χ3n) is 4.49. The van der Waals surface area contributed by atoms with Gasteiger partial charge >= 0.3 is 0 Å². The minimum Gasteiger partial charge on any atom is -0.375 e. The lowest BCUT2D eigenvalue weighted by Gasteiger charge is -2.39. The van der Waals surface area contributed by atoms with Crippen molar-refractivity contribution in [3.63, 3.8) is 0 Å². The molecule has 1 aliphatic heterocycles. The third-order valence-corrected chi connectivity index (χ3v) is 4.49. The van der Waals surface area contributed by atoms with Gasteiger partial charge in [-0.1, -0.05) is 20.8 Å². The fraction of sp³-hybridized carbons (Fsp3) is 1.00. The zero-order valence-corrected chi connectivity index (χ0v) is 13.1. The Morgan fingerprint density at radius 3 is 2.63 bits per heavy atom. The van der Waals surface area contributed by atoms with Gasteiger partial charge in [0.05, 0.1) is 24.9 Å². The Morgan fingerprint density at radius 1 is 1.21 bits per heavy atom. The predicted octanol–water partition coefficient (Wildman–Crippen LogP) is 2.98. The molecule has 1 aliphatic carbocycles. The molecule has 0 bridgehead atoms. The van der Waals surface area contributed by atoms with Crippen LogP contribution in [-0.2, 0) is 9.47 Å². The molecule has 1 saturated carbocycles. The van der Waals surface area contributed by atoms with Crippen LogP contribution in [0.15, 0.2) is 0 Å². The van der Waals surface area contributed by atoms with Gasteiger partial charge in [0.25, 0.3) is 0 Å². The highest BCUT2D eigenvalue weighted by molar-refractivity contribution is 4.84. The average Bonchev–Trinajstić information content (AvgIpc) is 2.72. The van der Waals surface area contributed by atoms with Crippen molar-refractivity contribution >= 4 is 0 Å². The Balaban J connectivity index is 1.71. The summed E-state index contributed by atoms with van der Waals surface area (Å²) in [4.78, 5) is 0. The average molecular weight is 269 g/mol. The van der Waals surface area contributed by atoms with E-state index in [0.29, 0.717) is 23.7 Å². The van der Waals surface area contributed by atoms with E-state index in [1.807, 2.05) is 7.05 Å². The van der Waals surface area contributed by atoms with Gasteiger partial charge in [-0.2, -0.15) is 0 Å². The van der Waals surface area contributed by atoms with Crippen LogP contribution in [0.1, 0.15) is 52.9 Å². The van der Waals surface area contributed by atoms with Crippen LogP contribution in [0.3, 0.4) is 0 Å². The minimum absolute atomic E-state index is 0.318. The summed E-state index contributed by atoms with van der Waals surface area (Å²) in [5.74, 6) is 0.787. The molecule has 0 aromatic heterocycles. The zero-order valence-electron chi connectivity index (χ0n) is 13.1. The maximum absolute atomic E-state index is 6.15. The molecule has 2 rings (SSSR count). The van der Waals surface area contributed by atoms with E-state index in [0.717, 1.165) is 25.5 Å². The topological polar surface area (TPSA) is 30.5 Å². The lowest BCUT2D eigenvalue weighted by molar-refractivity contribution is -0.0714. The lowest BCUT2D eigenvalue weighted by atomic mass is 9.71. The predicted molar refractivity (Wildman–Crippen MR) is 78.4 cm³/mol. The third kappa shape index (κ3) is 4.73. The molecule has 4 atom stereocenters. The number of ether oxygens (including phenoxy) is 2. The molecule has 112 valence electrons. The Hall–Kier alpha value is -0.120. The molecule has 2 fully saturated rings. The Labute approximate surface area is 118 Å². The largest absolute Gasteiger partial charge is 0.375 e. The summed E-state index contributed by atoms with van der Waals surface area (Å²) in [5, 5.41) is 3.19. The number of hydrogen-bond acceptors (Lipinski definition) is 3. The van der Waals surface area contributed by atoms with Crippen LogP contribution in [0.4, 0.5) is 0 Å². The first-order valence-electron chi connectivity index (χ1n) is 7.90. The molecule has 1 heterocycles. The van der Waals surface area contributed by atoms with Gasteiger partial charge in [0.2, 0.25) is 0 Å². The van der Waals surface area contributed by atoms with Gasteiger partial charge in [0, 0.05) is 6.54 Å². The van der Waals surface area contributed by atoms with Gasteiger partial charge in [0.1, 0.15) is 0 Å². The number of hydrogen-bond donors (Lipinski definition) is 1. The second-order valence-corrected chi connectivity index (χ2v) is 7.38. The first-order valence-corrected chi connectivity index (χ1v) is 7.90. The summed E-state index contributed by atoms with van der Waals surface area (Å²) in [5.41, 5.74) is 0.438. The molecule has 0 aromatic carbocycles. The fourth-order valence-electron chi connectivity index (χ4n) is 3.91. The Morgan fingerprint density at radius 2 is 1.95 bits per heavy atom. The summed E-state index contributed by atoms with van der Waals surface area (Å²) < 4.78 is 12.1. The molecule has 4 unspecified atom stereocenters. The Kier molecular flexibility index (Phi) is 5.27. The van der Waals surface area contributed by atoms with Crippen molar-refractivity contribution in [1.82, 2.24) is 5.32 Å². The monoisotopic (exact) mass is 269 g/mol. The van der Waals surface area contributed by atoms with Crippen LogP contribution in [0.25, 0.3) is 0 Å². The molecule has 19 heavy (non-hydrogen) atoms. The summed E-state index contributed by atoms with van der Waals surface area (Å²) in [6.45, 7) is 8.84. The molecule has 0 radical (unpaired) electrons. The van der Waals surface area contributed by atoms with Crippen molar-refractivity contribution < 1.29 is 9.47 Å². The van der Waals surface area contributed by atoms with Crippen molar-refractivity contribution in [2.24, 2.45) is 11.3 Å². The van der Waals surface area contributed by atoms with Gasteiger partial charge in [-0.25, -0.2) is 0 Å². The molecule has 3 heteroatoms. The van der Waals surface area contributed by atoms with E-state index < -0.39 is 0 Å². The summed E-state index contributed by atoms with van der Waals surface area (Å²) >= 11 is 0. The van der Waals surface area contributed by atoms with Crippen molar-refractivity contribution in [3.05, 3.63) is 0 Å². The highest BCUT2D eigenvalue weighted by atomic mass is 16.5. The van der Waals surface area contributed by atoms with Crippen LogP contribution >= 0.6 is 0 Å². The fourth-order valence-corrected chi connectivity index (χ4v) is 3.91. The quantitative estimate of drug-likeness (QED) is 0.832. The zero-order chi connectivity index (χ0) is 13.9. The van der Waals surface area contributed by atoms with Gasteiger partial charge < -0.3 is 14.8 Å². The van der Waals surface area contributed by atoms with Crippen LogP contribution in [-0.4, -0.2) is 38.5 Å². The van der Waals surface area contributed by atoms with E-state index in [1.165, 1.54) is 25.7 Å². The van der Waals surface area contributed by atoms with Gasteiger partial charge in [-0.15, -0.1) is 0 Å². The van der Waals surface area contributed by atoms with E-state index in [2.05, 4.69) is 26.1 Å². The molecule has 0 aromatic rings. The highest BCUT2D eigenvalue weighted by Crippen LogP contribution is 2.39. The van der Waals surface area contributed by atoms with Crippen LogP contribution in [0, 0.1) is 11.3 Å². The van der Waals surface area contributed by atoms with Crippen molar-refractivity contribution in [2.75, 3.05) is 20.2 Å². The smallest absolute Gasteiger partial charge is 0.0814 e. The van der Waals surface area contributed by atoms with Crippen molar-refractivity contribution in [3.8, 4) is 0 Å². The molecule has 0 spiro atoms. The normalized spacial score (nSPS) is 38.5. The van der Waals surface area contributed by atoms with Crippen LogP contribution < -0.4 is 5.32 Å². The van der Waals surface area contributed by atoms with E-state index in [4.69, 9.17) is 9.47 Å². The Bertz CT molecular complexity index is 280. The summed E-state index contributed by atoms with van der Waals surface area (Å²) in [7, 11) is 1.98. The van der Waals surface area contributed by atoms with Gasteiger partial charge in [-0.3, -0.25) is 0 Å². The standard InChI is InChI=1S/C16H31NO2/c1-12-7-15(9-16(2,3)8-12)18-11-14-6-5-13(19-14)10-17-4/h12-15,17H,5-11H2,1-4H3. The number of nitrogens with one attached hydrogen (secondary N) is 1. The van der Waals surface area contributed by atoms with E-state index in [-0.39, 0.29) is 0 Å². The highest BCUT2D eigenvalue weighted by Gasteiger charge is 2.33. The van der Waals surface area contributed by atoms with Gasteiger partial charge in [-0.05, 0) is 50.5 Å². The summed E-state index contributed by atoms with van der Waals surface area (Å²) in [6, 6.07) is 0. The SMILES string of the molecule is CNCC1CCC(COC2CC(C)CC(C)(C)C2)O1. The second kappa shape index (κ2) is 6.55. The van der Waals surface area contributed by atoms with Crippen LogP contribution in [0.5, 0.6) is 0 Å². The lowest BCUT2D eigenvalue weighted by Crippen LogP contribution is -2.34. The second-order valence-electron chi connectivity index (χ2n) is 7.38.